The van der Waals surface area contributed by atoms with Crippen LogP contribution in [0.2, 0.25) is 0 Å². The van der Waals surface area contributed by atoms with Gasteiger partial charge in [0.2, 0.25) is 0 Å². The van der Waals surface area contributed by atoms with E-state index in [0.29, 0.717) is 12.3 Å². The number of carboxylic acid groups (broad SMARTS) is 1. The molecule has 1 unspecified atom stereocenters. The molecule has 0 bridgehead atoms. The van der Waals surface area contributed by atoms with Crippen molar-refractivity contribution < 1.29 is 9.90 Å². The Hall–Kier alpha value is -0.570. The molecule has 1 fully saturated rings. The van der Waals surface area contributed by atoms with Crippen molar-refractivity contribution >= 4 is 5.97 Å². The SMILES string of the molecule is CCCCN1CCC(C)(C)C(CC(=O)O)C1. The van der Waals surface area contributed by atoms with Gasteiger partial charge in [-0.3, -0.25) is 4.79 Å². The maximum absolute atomic E-state index is 10.9. The molecule has 0 aromatic heterocycles. The summed E-state index contributed by atoms with van der Waals surface area (Å²) in [5, 5.41) is 8.94. The number of hydrogen-bond acceptors (Lipinski definition) is 2. The van der Waals surface area contributed by atoms with E-state index in [4.69, 9.17) is 5.11 Å². The highest BCUT2D eigenvalue weighted by atomic mass is 16.4. The van der Waals surface area contributed by atoms with Gasteiger partial charge >= 0.3 is 5.97 Å². The van der Waals surface area contributed by atoms with Crippen LogP contribution in [0.4, 0.5) is 0 Å². The van der Waals surface area contributed by atoms with Crippen LogP contribution in [0.5, 0.6) is 0 Å². The zero-order valence-corrected chi connectivity index (χ0v) is 10.8. The molecule has 0 radical (unpaired) electrons. The molecule has 3 nitrogen and oxygen atoms in total. The van der Waals surface area contributed by atoms with Crippen molar-refractivity contribution in [3.05, 3.63) is 0 Å². The second kappa shape index (κ2) is 5.67. The fraction of sp³-hybridized carbons (Fsp3) is 0.923. The lowest BCUT2D eigenvalue weighted by Crippen LogP contribution is -2.45. The van der Waals surface area contributed by atoms with Crippen LogP contribution in [0.25, 0.3) is 0 Å². The Bertz CT molecular complexity index is 238. The van der Waals surface area contributed by atoms with E-state index in [2.05, 4.69) is 25.7 Å². The maximum Gasteiger partial charge on any atom is 0.303 e. The van der Waals surface area contributed by atoms with Crippen LogP contribution in [0, 0.1) is 11.3 Å². The molecular weight excluding hydrogens is 202 g/mol. The van der Waals surface area contributed by atoms with Gasteiger partial charge < -0.3 is 10.0 Å². The second-order valence-electron chi connectivity index (χ2n) is 5.69. The van der Waals surface area contributed by atoms with E-state index in [1.54, 1.807) is 0 Å². The summed E-state index contributed by atoms with van der Waals surface area (Å²) in [6.07, 6.45) is 3.87. The predicted octanol–water partition coefficient (Wildman–Crippen LogP) is 2.61. The highest BCUT2D eigenvalue weighted by Gasteiger charge is 2.36. The Kier molecular flexibility index (Phi) is 4.78. The first-order valence-corrected chi connectivity index (χ1v) is 6.40. The molecule has 1 N–H and O–H groups in total. The van der Waals surface area contributed by atoms with Gasteiger partial charge in [0, 0.05) is 13.0 Å². The molecule has 1 heterocycles. The van der Waals surface area contributed by atoms with Crippen LogP contribution in [0.15, 0.2) is 0 Å². The Labute approximate surface area is 98.8 Å². The van der Waals surface area contributed by atoms with Gasteiger partial charge in [0.1, 0.15) is 0 Å². The Balaban J connectivity index is 2.52. The number of carbonyl (C=O) groups is 1. The van der Waals surface area contributed by atoms with Gasteiger partial charge in [0.05, 0.1) is 0 Å². The van der Waals surface area contributed by atoms with Crippen LogP contribution in [0.1, 0.15) is 46.5 Å². The molecule has 0 spiro atoms. The average Bonchev–Trinajstić information content (AvgIpc) is 2.18. The van der Waals surface area contributed by atoms with E-state index in [1.807, 2.05) is 0 Å². The number of likely N-dealkylation sites (tertiary alicyclic amines) is 1. The molecule has 1 atom stereocenters. The molecule has 0 aliphatic carbocycles. The minimum atomic E-state index is -0.657. The van der Waals surface area contributed by atoms with Gasteiger partial charge in [-0.05, 0) is 37.3 Å². The van der Waals surface area contributed by atoms with Gasteiger partial charge in [-0.25, -0.2) is 0 Å². The lowest BCUT2D eigenvalue weighted by atomic mass is 9.72. The maximum atomic E-state index is 10.9. The number of carboxylic acids is 1. The fourth-order valence-corrected chi connectivity index (χ4v) is 2.44. The Morgan fingerprint density at radius 3 is 2.75 bits per heavy atom. The summed E-state index contributed by atoms with van der Waals surface area (Å²) >= 11 is 0. The summed E-state index contributed by atoms with van der Waals surface area (Å²) in [6, 6.07) is 0. The van der Waals surface area contributed by atoms with Crippen molar-refractivity contribution in [3.63, 3.8) is 0 Å². The summed E-state index contributed by atoms with van der Waals surface area (Å²) in [6.45, 7) is 9.82. The molecule has 0 aromatic rings. The largest absolute Gasteiger partial charge is 0.481 e. The van der Waals surface area contributed by atoms with Gasteiger partial charge in [-0.15, -0.1) is 0 Å². The average molecular weight is 227 g/mol. The number of nitrogens with zero attached hydrogens (tertiary/aromatic N) is 1. The predicted molar refractivity (Wildman–Crippen MR) is 65.5 cm³/mol. The third-order valence-electron chi connectivity index (χ3n) is 3.91. The second-order valence-corrected chi connectivity index (χ2v) is 5.69. The van der Waals surface area contributed by atoms with E-state index in [1.165, 1.54) is 12.8 Å². The van der Waals surface area contributed by atoms with Crippen molar-refractivity contribution in [2.24, 2.45) is 11.3 Å². The van der Waals surface area contributed by atoms with E-state index in [9.17, 15) is 4.79 Å². The molecule has 1 rings (SSSR count). The van der Waals surface area contributed by atoms with Gasteiger partial charge in [0.15, 0.2) is 0 Å². The van der Waals surface area contributed by atoms with E-state index in [-0.39, 0.29) is 5.41 Å². The quantitative estimate of drug-likeness (QED) is 0.785. The highest BCUT2D eigenvalue weighted by molar-refractivity contribution is 5.67. The van der Waals surface area contributed by atoms with Gasteiger partial charge in [0.25, 0.3) is 0 Å². The standard InChI is InChI=1S/C13H25NO2/c1-4-5-7-14-8-6-13(2,3)11(10-14)9-12(15)16/h11H,4-10H2,1-3H3,(H,15,16). The number of aliphatic carboxylic acids is 1. The molecule has 0 aromatic carbocycles. The van der Waals surface area contributed by atoms with E-state index in [0.717, 1.165) is 26.1 Å². The molecule has 1 aliphatic rings. The molecule has 0 amide bonds. The van der Waals surface area contributed by atoms with E-state index < -0.39 is 5.97 Å². The van der Waals surface area contributed by atoms with Crippen LogP contribution >= 0.6 is 0 Å². The smallest absolute Gasteiger partial charge is 0.303 e. The van der Waals surface area contributed by atoms with Crippen LogP contribution in [-0.2, 0) is 4.79 Å². The topological polar surface area (TPSA) is 40.5 Å². The first kappa shape index (κ1) is 13.5. The van der Waals surface area contributed by atoms with Crippen molar-refractivity contribution in [3.8, 4) is 0 Å². The first-order valence-electron chi connectivity index (χ1n) is 6.40. The lowest BCUT2D eigenvalue weighted by molar-refractivity contribution is -0.140. The van der Waals surface area contributed by atoms with Gasteiger partial charge in [-0.1, -0.05) is 27.2 Å². The van der Waals surface area contributed by atoms with Crippen LogP contribution < -0.4 is 0 Å². The molecular formula is C13H25NO2. The highest BCUT2D eigenvalue weighted by Crippen LogP contribution is 2.37. The summed E-state index contributed by atoms with van der Waals surface area (Å²) < 4.78 is 0. The van der Waals surface area contributed by atoms with Gasteiger partial charge in [-0.2, -0.15) is 0 Å². The summed E-state index contributed by atoms with van der Waals surface area (Å²) in [5.74, 6) is -0.356. The number of rotatable bonds is 5. The molecule has 0 saturated carbocycles. The minimum Gasteiger partial charge on any atom is -0.481 e. The van der Waals surface area contributed by atoms with Crippen molar-refractivity contribution in [1.29, 1.82) is 0 Å². The normalized spacial score (nSPS) is 25.6. The molecule has 3 heteroatoms. The summed E-state index contributed by atoms with van der Waals surface area (Å²) in [7, 11) is 0. The molecule has 1 saturated heterocycles. The molecule has 16 heavy (non-hydrogen) atoms. The number of unbranched alkanes of at least 4 members (excludes halogenated alkanes) is 1. The Morgan fingerprint density at radius 1 is 1.50 bits per heavy atom. The zero-order valence-electron chi connectivity index (χ0n) is 10.8. The lowest BCUT2D eigenvalue weighted by Gasteiger charge is -2.43. The van der Waals surface area contributed by atoms with Crippen LogP contribution in [0.3, 0.4) is 0 Å². The van der Waals surface area contributed by atoms with Crippen molar-refractivity contribution in [1.82, 2.24) is 4.90 Å². The summed E-state index contributed by atoms with van der Waals surface area (Å²) in [5.41, 5.74) is 0.182. The van der Waals surface area contributed by atoms with Crippen molar-refractivity contribution in [2.45, 2.75) is 46.5 Å². The summed E-state index contributed by atoms with van der Waals surface area (Å²) in [4.78, 5) is 13.3. The molecule has 94 valence electrons. The third kappa shape index (κ3) is 3.78. The minimum absolute atomic E-state index is 0.182. The Morgan fingerprint density at radius 2 is 2.19 bits per heavy atom. The monoisotopic (exact) mass is 227 g/mol. The van der Waals surface area contributed by atoms with E-state index >= 15 is 0 Å². The first-order chi connectivity index (χ1) is 7.45. The number of hydrogen-bond donors (Lipinski definition) is 1. The fourth-order valence-electron chi connectivity index (χ4n) is 2.44. The van der Waals surface area contributed by atoms with Crippen molar-refractivity contribution in [2.75, 3.05) is 19.6 Å². The third-order valence-corrected chi connectivity index (χ3v) is 3.91. The molecule has 1 aliphatic heterocycles. The zero-order chi connectivity index (χ0) is 12.2. The number of piperidine rings is 1. The van der Waals surface area contributed by atoms with Crippen LogP contribution in [-0.4, -0.2) is 35.6 Å².